The number of nitrogens with zero attached hydrogens (tertiary/aromatic N) is 1. The summed E-state index contributed by atoms with van der Waals surface area (Å²) in [6.45, 7) is 4.69. The lowest BCUT2D eigenvalue weighted by Crippen LogP contribution is -2.49. The van der Waals surface area contributed by atoms with Crippen LogP contribution in [0.2, 0.25) is 0 Å². The Morgan fingerprint density at radius 3 is 2.44 bits per heavy atom. The molecule has 1 atom stereocenters. The number of alkyl halides is 3. The highest BCUT2D eigenvalue weighted by molar-refractivity contribution is 5.83. The first-order valence-corrected chi connectivity index (χ1v) is 13.3. The number of benzene rings is 2. The number of carbonyl (C=O) groups is 1. The average molecular weight is 544 g/mol. The Labute approximate surface area is 227 Å². The van der Waals surface area contributed by atoms with Crippen LogP contribution < -0.4 is 11.1 Å². The van der Waals surface area contributed by atoms with Crippen LogP contribution in [0.25, 0.3) is 0 Å². The summed E-state index contributed by atoms with van der Waals surface area (Å²) in [4.78, 5) is 18.2. The molecular formula is C30H36F3N3O3. The fraction of sp³-hybridized carbons (Fsp3) is 0.467. The van der Waals surface area contributed by atoms with Gasteiger partial charge in [0.2, 0.25) is 5.91 Å². The molecule has 2 aromatic rings. The Hall–Kier alpha value is -3.17. The number of amides is 1. The van der Waals surface area contributed by atoms with Crippen molar-refractivity contribution in [1.82, 2.24) is 5.32 Å². The van der Waals surface area contributed by atoms with Crippen molar-refractivity contribution in [3.63, 3.8) is 0 Å². The number of carbonyl (C=O) groups excluding carboxylic acids is 1. The van der Waals surface area contributed by atoms with E-state index in [0.717, 1.165) is 18.1 Å². The zero-order valence-corrected chi connectivity index (χ0v) is 22.4. The predicted molar refractivity (Wildman–Crippen MR) is 144 cm³/mol. The molecule has 2 aliphatic rings. The molecule has 210 valence electrons. The van der Waals surface area contributed by atoms with Crippen LogP contribution in [0, 0.1) is 6.92 Å². The van der Waals surface area contributed by atoms with Crippen molar-refractivity contribution in [1.29, 1.82) is 0 Å². The summed E-state index contributed by atoms with van der Waals surface area (Å²) >= 11 is 0. The number of ether oxygens (including phenoxy) is 2. The molecule has 2 saturated heterocycles. The van der Waals surface area contributed by atoms with E-state index in [1.54, 1.807) is 13.0 Å². The molecule has 2 aliphatic heterocycles. The van der Waals surface area contributed by atoms with Crippen molar-refractivity contribution in [2.24, 2.45) is 10.7 Å². The molecule has 9 heteroatoms. The molecule has 1 amide bonds. The van der Waals surface area contributed by atoms with E-state index in [2.05, 4.69) is 10.3 Å². The van der Waals surface area contributed by atoms with Crippen molar-refractivity contribution in [2.45, 2.75) is 70.2 Å². The number of amidine groups is 1. The highest BCUT2D eigenvalue weighted by Gasteiger charge is 2.37. The number of hydrogen-bond donors (Lipinski definition) is 2. The molecule has 2 fully saturated rings. The van der Waals surface area contributed by atoms with Gasteiger partial charge in [0.15, 0.2) is 0 Å². The molecule has 0 aromatic heterocycles. The molecule has 2 heterocycles. The van der Waals surface area contributed by atoms with Gasteiger partial charge in [0.1, 0.15) is 0 Å². The molecule has 0 spiro atoms. The third kappa shape index (κ3) is 7.08. The first-order chi connectivity index (χ1) is 18.6. The van der Waals surface area contributed by atoms with E-state index in [-0.39, 0.29) is 36.3 Å². The predicted octanol–water partition coefficient (Wildman–Crippen LogP) is 5.58. The van der Waals surface area contributed by atoms with Gasteiger partial charge < -0.3 is 20.5 Å². The molecular weight excluding hydrogens is 507 g/mol. The number of aliphatic imine (C=N–C) groups is 1. The summed E-state index contributed by atoms with van der Waals surface area (Å²) in [5.74, 6) is 0.0231. The Bertz CT molecular complexity index is 1210. The van der Waals surface area contributed by atoms with E-state index in [1.807, 2.05) is 30.3 Å². The monoisotopic (exact) mass is 543 g/mol. The van der Waals surface area contributed by atoms with Gasteiger partial charge in [-0.1, -0.05) is 42.5 Å². The summed E-state index contributed by atoms with van der Waals surface area (Å²) in [6.07, 6.45) is -1.94. The molecule has 2 aromatic carbocycles. The molecule has 0 bridgehead atoms. The highest BCUT2D eigenvalue weighted by Crippen LogP contribution is 2.36. The van der Waals surface area contributed by atoms with Gasteiger partial charge in [-0.25, -0.2) is 4.99 Å². The Morgan fingerprint density at radius 1 is 1.10 bits per heavy atom. The maximum atomic E-state index is 13.6. The molecule has 6 nitrogen and oxygen atoms in total. The third-order valence-corrected chi connectivity index (χ3v) is 7.51. The second-order valence-corrected chi connectivity index (χ2v) is 10.3. The second kappa shape index (κ2) is 12.3. The van der Waals surface area contributed by atoms with E-state index in [4.69, 9.17) is 15.2 Å². The van der Waals surface area contributed by atoms with Crippen LogP contribution in [0.5, 0.6) is 0 Å². The van der Waals surface area contributed by atoms with Crippen LogP contribution in [0.15, 0.2) is 64.8 Å². The van der Waals surface area contributed by atoms with Crippen molar-refractivity contribution in [2.75, 3.05) is 19.8 Å². The number of hydrogen-bond acceptors (Lipinski definition) is 4. The molecule has 0 radical (unpaired) electrons. The summed E-state index contributed by atoms with van der Waals surface area (Å²) in [6, 6.07) is 14.0. The number of halogens is 3. The zero-order valence-electron chi connectivity index (χ0n) is 22.4. The van der Waals surface area contributed by atoms with Gasteiger partial charge in [-0.2, -0.15) is 13.2 Å². The summed E-state index contributed by atoms with van der Waals surface area (Å²) < 4.78 is 52.4. The van der Waals surface area contributed by atoms with Gasteiger partial charge in [-0.15, -0.1) is 0 Å². The van der Waals surface area contributed by atoms with Crippen LogP contribution in [-0.2, 0) is 32.4 Å². The summed E-state index contributed by atoms with van der Waals surface area (Å²) in [5.41, 5.74) is 7.54. The summed E-state index contributed by atoms with van der Waals surface area (Å²) in [5, 5.41) is 3.25. The minimum Gasteiger partial charge on any atom is -0.387 e. The van der Waals surface area contributed by atoms with Gasteiger partial charge in [-0.05, 0) is 74.3 Å². The molecule has 1 unspecified atom stereocenters. The van der Waals surface area contributed by atoms with Gasteiger partial charge in [0.25, 0.3) is 0 Å². The van der Waals surface area contributed by atoms with Gasteiger partial charge in [0.05, 0.1) is 35.2 Å². The second-order valence-electron chi connectivity index (χ2n) is 10.3. The van der Waals surface area contributed by atoms with E-state index >= 15 is 0 Å². The normalized spacial score (nSPS) is 20.4. The van der Waals surface area contributed by atoms with E-state index in [0.29, 0.717) is 55.9 Å². The first kappa shape index (κ1) is 28.8. The smallest absolute Gasteiger partial charge is 0.387 e. The number of nitrogens with one attached hydrogen (secondary N) is 1. The van der Waals surface area contributed by atoms with Crippen molar-refractivity contribution in [3.05, 3.63) is 82.1 Å². The van der Waals surface area contributed by atoms with Crippen molar-refractivity contribution in [3.8, 4) is 0 Å². The number of rotatable bonds is 8. The zero-order chi connectivity index (χ0) is 28.0. The number of nitrogens with two attached hydrogens (primary N) is 1. The van der Waals surface area contributed by atoms with Crippen molar-refractivity contribution >= 4 is 11.7 Å². The highest BCUT2D eigenvalue weighted by atomic mass is 19.4. The van der Waals surface area contributed by atoms with Gasteiger partial charge >= 0.3 is 6.18 Å². The lowest BCUT2D eigenvalue weighted by molar-refractivity contribution is -0.138. The van der Waals surface area contributed by atoms with Crippen LogP contribution in [0.1, 0.15) is 61.3 Å². The molecule has 0 saturated carbocycles. The SMILES string of the molecule is CC(N)=N/C(CC(=O)NC1(c2ccccc2)CCOCC1)=C(\Cc1cccc(C(F)(F)F)c1C)C1CCCO1. The lowest BCUT2D eigenvalue weighted by atomic mass is 9.82. The fourth-order valence-electron chi connectivity index (χ4n) is 5.51. The Morgan fingerprint density at radius 2 is 1.82 bits per heavy atom. The fourth-order valence-corrected chi connectivity index (χ4v) is 5.51. The molecule has 39 heavy (non-hydrogen) atoms. The van der Waals surface area contributed by atoms with E-state index in [9.17, 15) is 18.0 Å². The minimum atomic E-state index is -4.46. The van der Waals surface area contributed by atoms with Crippen LogP contribution in [0.3, 0.4) is 0 Å². The van der Waals surface area contributed by atoms with Crippen LogP contribution in [-0.4, -0.2) is 37.7 Å². The molecule has 0 aliphatic carbocycles. The van der Waals surface area contributed by atoms with E-state index < -0.39 is 17.3 Å². The van der Waals surface area contributed by atoms with Crippen LogP contribution in [0.4, 0.5) is 13.2 Å². The maximum Gasteiger partial charge on any atom is 0.416 e. The molecule has 4 rings (SSSR count). The lowest BCUT2D eigenvalue weighted by Gasteiger charge is -2.38. The standard InChI is InChI=1S/C30H36F3N3O3/c1-20-22(8-6-11-25(20)30(31,32)33)18-24(27-12-7-15-39-27)26(35-21(2)34)19-28(37)36-29(13-16-38-17-14-29)23-9-4-3-5-10-23/h3-6,8-11,27H,7,12-19H2,1-2H3,(H2,34,35)(H,36,37)/b26-24+. The molecule has 3 N–H and O–H groups in total. The largest absolute Gasteiger partial charge is 0.416 e. The van der Waals surface area contributed by atoms with Crippen molar-refractivity contribution < 1.29 is 27.4 Å². The topological polar surface area (TPSA) is 85.9 Å². The van der Waals surface area contributed by atoms with Gasteiger partial charge in [0, 0.05) is 19.8 Å². The Balaban J connectivity index is 1.70. The maximum absolute atomic E-state index is 13.6. The van der Waals surface area contributed by atoms with Gasteiger partial charge in [-0.3, -0.25) is 4.79 Å². The van der Waals surface area contributed by atoms with E-state index in [1.165, 1.54) is 13.0 Å². The summed E-state index contributed by atoms with van der Waals surface area (Å²) in [7, 11) is 0. The minimum absolute atomic E-state index is 0.0722. The quantitative estimate of drug-likeness (QED) is 0.336. The third-order valence-electron chi connectivity index (χ3n) is 7.51. The van der Waals surface area contributed by atoms with Crippen LogP contribution >= 0.6 is 0 Å². The Kier molecular flexibility index (Phi) is 9.12. The first-order valence-electron chi connectivity index (χ1n) is 13.3. The average Bonchev–Trinajstić information content (AvgIpc) is 3.42.